The van der Waals surface area contributed by atoms with Gasteiger partial charge in [-0.2, -0.15) is 0 Å². The van der Waals surface area contributed by atoms with E-state index in [4.69, 9.17) is 14.6 Å². The number of aromatic carboxylic acids is 1. The highest BCUT2D eigenvalue weighted by Crippen LogP contribution is 2.22. The van der Waals surface area contributed by atoms with Gasteiger partial charge in [0.05, 0.1) is 0 Å². The average molecular weight is 285 g/mol. The molecule has 20 heavy (non-hydrogen) atoms. The standard InChI is InChI=1S/C13H16FNO5/c1-19-7-3-6-15-11(16)8-20-12-9(13(17)18)4-2-5-10(12)14/h2,4-5H,3,6-8H2,1H3,(H,15,16)(H,17,18). The van der Waals surface area contributed by atoms with E-state index in [-0.39, 0.29) is 5.56 Å². The van der Waals surface area contributed by atoms with Crippen LogP contribution >= 0.6 is 0 Å². The van der Waals surface area contributed by atoms with Gasteiger partial charge in [0, 0.05) is 20.3 Å². The van der Waals surface area contributed by atoms with Gasteiger partial charge in [-0.15, -0.1) is 0 Å². The number of nitrogens with one attached hydrogen (secondary N) is 1. The molecule has 0 aliphatic rings. The normalized spacial score (nSPS) is 10.1. The smallest absolute Gasteiger partial charge is 0.339 e. The van der Waals surface area contributed by atoms with Crippen LogP contribution in [-0.4, -0.2) is 43.9 Å². The van der Waals surface area contributed by atoms with Crippen molar-refractivity contribution in [1.82, 2.24) is 5.32 Å². The molecule has 0 heterocycles. The number of benzene rings is 1. The summed E-state index contributed by atoms with van der Waals surface area (Å²) in [5.41, 5.74) is -0.322. The predicted octanol–water partition coefficient (Wildman–Crippen LogP) is 1.06. The minimum atomic E-state index is -1.32. The number of halogens is 1. The summed E-state index contributed by atoms with van der Waals surface area (Å²) >= 11 is 0. The van der Waals surface area contributed by atoms with E-state index in [0.717, 1.165) is 6.07 Å². The van der Waals surface area contributed by atoms with Gasteiger partial charge in [-0.3, -0.25) is 4.79 Å². The zero-order valence-corrected chi connectivity index (χ0v) is 11.0. The fraction of sp³-hybridized carbons (Fsp3) is 0.385. The lowest BCUT2D eigenvalue weighted by Gasteiger charge is -2.10. The van der Waals surface area contributed by atoms with E-state index in [1.165, 1.54) is 12.1 Å². The molecule has 0 aromatic heterocycles. The quantitative estimate of drug-likeness (QED) is 0.697. The Labute approximate surface area is 115 Å². The van der Waals surface area contributed by atoms with Crippen LogP contribution in [-0.2, 0) is 9.53 Å². The van der Waals surface area contributed by atoms with Crippen LogP contribution in [0.5, 0.6) is 5.75 Å². The molecule has 2 N–H and O–H groups in total. The van der Waals surface area contributed by atoms with E-state index in [2.05, 4.69) is 5.32 Å². The van der Waals surface area contributed by atoms with Crippen LogP contribution in [0.1, 0.15) is 16.8 Å². The van der Waals surface area contributed by atoms with Crippen molar-refractivity contribution in [3.05, 3.63) is 29.6 Å². The highest BCUT2D eigenvalue weighted by Gasteiger charge is 2.16. The fourth-order valence-electron chi connectivity index (χ4n) is 1.46. The Hall–Kier alpha value is -2.15. The second-order valence-electron chi connectivity index (χ2n) is 3.91. The maximum absolute atomic E-state index is 13.5. The van der Waals surface area contributed by atoms with Crippen LogP contribution in [0.15, 0.2) is 18.2 Å². The van der Waals surface area contributed by atoms with Crippen molar-refractivity contribution in [2.45, 2.75) is 6.42 Å². The first-order valence-electron chi connectivity index (χ1n) is 5.96. The summed E-state index contributed by atoms with van der Waals surface area (Å²) in [6.45, 7) is 0.463. The minimum Gasteiger partial charge on any atom is -0.480 e. The molecule has 1 rings (SSSR count). The first-order valence-corrected chi connectivity index (χ1v) is 5.96. The van der Waals surface area contributed by atoms with E-state index in [1.54, 1.807) is 7.11 Å². The van der Waals surface area contributed by atoms with Crippen molar-refractivity contribution in [1.29, 1.82) is 0 Å². The van der Waals surface area contributed by atoms with Crippen LogP contribution in [0.25, 0.3) is 0 Å². The number of ether oxygens (including phenoxy) is 2. The zero-order chi connectivity index (χ0) is 15.0. The monoisotopic (exact) mass is 285 g/mol. The predicted molar refractivity (Wildman–Crippen MR) is 68.4 cm³/mol. The molecule has 1 amide bonds. The lowest BCUT2D eigenvalue weighted by atomic mass is 10.2. The molecule has 1 aromatic carbocycles. The molecule has 0 aliphatic carbocycles. The molecule has 0 saturated heterocycles. The zero-order valence-electron chi connectivity index (χ0n) is 11.0. The molecule has 0 bridgehead atoms. The number of carbonyl (C=O) groups is 2. The van der Waals surface area contributed by atoms with E-state index in [9.17, 15) is 14.0 Å². The van der Waals surface area contributed by atoms with Crippen LogP contribution in [0, 0.1) is 5.82 Å². The summed E-state index contributed by atoms with van der Waals surface area (Å²) in [4.78, 5) is 22.3. The Balaban J connectivity index is 2.53. The van der Waals surface area contributed by atoms with Crippen molar-refractivity contribution in [3.63, 3.8) is 0 Å². The number of carbonyl (C=O) groups excluding carboxylic acids is 1. The van der Waals surface area contributed by atoms with Gasteiger partial charge >= 0.3 is 5.97 Å². The molecular weight excluding hydrogens is 269 g/mol. The second-order valence-corrected chi connectivity index (χ2v) is 3.91. The Morgan fingerprint density at radius 2 is 2.15 bits per heavy atom. The molecule has 0 aliphatic heterocycles. The molecular formula is C13H16FNO5. The number of carboxylic acid groups (broad SMARTS) is 1. The highest BCUT2D eigenvalue weighted by atomic mass is 19.1. The molecule has 110 valence electrons. The van der Waals surface area contributed by atoms with E-state index in [0.29, 0.717) is 19.6 Å². The van der Waals surface area contributed by atoms with Crippen molar-refractivity contribution >= 4 is 11.9 Å². The van der Waals surface area contributed by atoms with Gasteiger partial charge < -0.3 is 19.9 Å². The summed E-state index contributed by atoms with van der Waals surface area (Å²) in [5.74, 6) is -3.04. The van der Waals surface area contributed by atoms with Crippen molar-refractivity contribution < 1.29 is 28.6 Å². The first kappa shape index (κ1) is 15.9. The van der Waals surface area contributed by atoms with Gasteiger partial charge in [0.15, 0.2) is 18.2 Å². The molecule has 0 atom stereocenters. The minimum absolute atomic E-state index is 0.322. The third-order valence-electron chi connectivity index (χ3n) is 2.39. The Kier molecular flexibility index (Phi) is 6.45. The SMILES string of the molecule is COCCCNC(=O)COc1c(F)cccc1C(=O)O. The topological polar surface area (TPSA) is 84.9 Å². The third-order valence-corrected chi connectivity index (χ3v) is 2.39. The maximum Gasteiger partial charge on any atom is 0.339 e. The Morgan fingerprint density at radius 3 is 2.80 bits per heavy atom. The van der Waals surface area contributed by atoms with E-state index < -0.39 is 30.1 Å². The maximum atomic E-state index is 13.5. The molecule has 7 heteroatoms. The van der Waals surface area contributed by atoms with Crippen molar-refractivity contribution in [2.24, 2.45) is 0 Å². The molecule has 0 spiro atoms. The van der Waals surface area contributed by atoms with E-state index in [1.807, 2.05) is 0 Å². The Bertz CT molecular complexity index is 478. The van der Waals surface area contributed by atoms with Crippen LogP contribution in [0.3, 0.4) is 0 Å². The fourth-order valence-corrected chi connectivity index (χ4v) is 1.46. The lowest BCUT2D eigenvalue weighted by Crippen LogP contribution is -2.30. The summed E-state index contributed by atoms with van der Waals surface area (Å²) in [5, 5.41) is 11.4. The van der Waals surface area contributed by atoms with Crippen molar-refractivity contribution in [3.8, 4) is 5.75 Å². The number of carboxylic acids is 1. The molecule has 0 radical (unpaired) electrons. The number of hydrogen-bond acceptors (Lipinski definition) is 4. The molecule has 6 nitrogen and oxygen atoms in total. The van der Waals surface area contributed by atoms with Gasteiger partial charge in [-0.05, 0) is 18.6 Å². The van der Waals surface area contributed by atoms with Crippen LogP contribution in [0.2, 0.25) is 0 Å². The van der Waals surface area contributed by atoms with Crippen LogP contribution in [0.4, 0.5) is 4.39 Å². The summed E-state index contributed by atoms with van der Waals surface area (Å²) in [7, 11) is 1.55. The summed E-state index contributed by atoms with van der Waals surface area (Å²) < 4.78 is 23.2. The molecule has 1 aromatic rings. The largest absolute Gasteiger partial charge is 0.480 e. The average Bonchev–Trinajstić information content (AvgIpc) is 2.42. The molecule has 0 fully saturated rings. The van der Waals surface area contributed by atoms with Crippen molar-refractivity contribution in [2.75, 3.05) is 26.9 Å². The van der Waals surface area contributed by atoms with E-state index >= 15 is 0 Å². The first-order chi connectivity index (χ1) is 9.56. The second kappa shape index (κ2) is 8.11. The summed E-state index contributed by atoms with van der Waals surface area (Å²) in [6.07, 6.45) is 0.641. The van der Waals surface area contributed by atoms with Gasteiger partial charge in [0.25, 0.3) is 5.91 Å². The number of rotatable bonds is 8. The number of methoxy groups -OCH3 is 1. The molecule has 0 saturated carbocycles. The lowest BCUT2D eigenvalue weighted by molar-refractivity contribution is -0.123. The highest BCUT2D eigenvalue weighted by molar-refractivity contribution is 5.91. The number of para-hydroxylation sites is 1. The van der Waals surface area contributed by atoms with Crippen LogP contribution < -0.4 is 10.1 Å². The van der Waals surface area contributed by atoms with Gasteiger partial charge in [0.1, 0.15) is 5.56 Å². The van der Waals surface area contributed by atoms with Gasteiger partial charge in [-0.25, -0.2) is 9.18 Å². The molecule has 0 unspecified atom stereocenters. The Morgan fingerprint density at radius 1 is 1.40 bits per heavy atom. The third kappa shape index (κ3) is 4.85. The number of amides is 1. The van der Waals surface area contributed by atoms with Gasteiger partial charge in [-0.1, -0.05) is 6.07 Å². The summed E-state index contributed by atoms with van der Waals surface area (Å²) in [6, 6.07) is 3.53. The van der Waals surface area contributed by atoms with Gasteiger partial charge in [0.2, 0.25) is 0 Å². The number of hydrogen-bond donors (Lipinski definition) is 2.